The second-order valence-corrected chi connectivity index (χ2v) is 4.03. The van der Waals surface area contributed by atoms with E-state index in [-0.39, 0.29) is 11.5 Å². The van der Waals surface area contributed by atoms with E-state index in [2.05, 4.69) is 0 Å². The highest BCUT2D eigenvalue weighted by Crippen LogP contribution is 2.31. The van der Waals surface area contributed by atoms with Crippen molar-refractivity contribution in [2.75, 3.05) is 6.61 Å². The molecule has 0 heterocycles. The van der Waals surface area contributed by atoms with Gasteiger partial charge in [-0.2, -0.15) is 10.5 Å². The summed E-state index contributed by atoms with van der Waals surface area (Å²) in [6, 6.07) is 3.77. The molecule has 4 nitrogen and oxygen atoms in total. The molecule has 0 aromatic heterocycles. The maximum Gasteiger partial charge on any atom is 0.313 e. The summed E-state index contributed by atoms with van der Waals surface area (Å²) in [4.78, 5) is 11.8. The highest BCUT2D eigenvalue weighted by Gasteiger charge is 2.28. The molecule has 90 valence electrons. The van der Waals surface area contributed by atoms with Crippen molar-refractivity contribution in [1.29, 1.82) is 10.5 Å². The molecule has 0 N–H and O–H groups in total. The van der Waals surface area contributed by atoms with Gasteiger partial charge in [0.15, 0.2) is 0 Å². The zero-order valence-corrected chi connectivity index (χ0v) is 10.0. The molecule has 0 amide bonds. The molecule has 1 aliphatic carbocycles. The molecule has 0 saturated heterocycles. The summed E-state index contributed by atoms with van der Waals surface area (Å²) in [5.74, 6) is -0.695. The van der Waals surface area contributed by atoms with Gasteiger partial charge in [0.05, 0.1) is 12.5 Å². The first-order valence-corrected chi connectivity index (χ1v) is 5.94. The van der Waals surface area contributed by atoms with Crippen molar-refractivity contribution >= 4 is 5.97 Å². The third-order valence-corrected chi connectivity index (χ3v) is 2.98. The molecule has 1 fully saturated rings. The number of hydrogen-bond donors (Lipinski definition) is 0. The minimum atomic E-state index is -0.397. The number of ether oxygens (including phenoxy) is 1. The summed E-state index contributed by atoms with van der Waals surface area (Å²) in [7, 11) is 0. The van der Waals surface area contributed by atoms with Crippen LogP contribution >= 0.6 is 0 Å². The zero-order chi connectivity index (χ0) is 12.7. The fourth-order valence-electron chi connectivity index (χ4n) is 2.16. The molecule has 1 atom stereocenters. The quantitative estimate of drug-likeness (QED) is 0.416. The standard InChI is InChI=1S/C13H16N2O2/c1-2-17-13(16)12-7-5-3-4-6-11(12)10(8-14)9-15/h12H,2-7H2,1H3. The Labute approximate surface area is 101 Å². The lowest BCUT2D eigenvalue weighted by Crippen LogP contribution is -2.20. The summed E-state index contributed by atoms with van der Waals surface area (Å²) in [5.41, 5.74) is 0.760. The van der Waals surface area contributed by atoms with Crippen LogP contribution in [0.2, 0.25) is 0 Å². The van der Waals surface area contributed by atoms with Gasteiger partial charge < -0.3 is 4.74 Å². The van der Waals surface area contributed by atoms with Gasteiger partial charge in [-0.15, -0.1) is 0 Å². The van der Waals surface area contributed by atoms with E-state index in [1.54, 1.807) is 6.92 Å². The van der Waals surface area contributed by atoms with Gasteiger partial charge in [0.25, 0.3) is 0 Å². The van der Waals surface area contributed by atoms with Crippen LogP contribution in [0.3, 0.4) is 0 Å². The van der Waals surface area contributed by atoms with Gasteiger partial charge in [0, 0.05) is 0 Å². The molecule has 1 saturated carbocycles. The topological polar surface area (TPSA) is 73.9 Å². The minimum Gasteiger partial charge on any atom is -0.466 e. The fraction of sp³-hybridized carbons (Fsp3) is 0.615. The van der Waals surface area contributed by atoms with Gasteiger partial charge in [-0.25, -0.2) is 0 Å². The molecule has 0 bridgehead atoms. The predicted molar refractivity (Wildman–Crippen MR) is 61.5 cm³/mol. The summed E-state index contributed by atoms with van der Waals surface area (Å²) in [6.45, 7) is 2.09. The molecule has 1 unspecified atom stereocenters. The van der Waals surface area contributed by atoms with Gasteiger partial charge in [-0.05, 0) is 31.8 Å². The van der Waals surface area contributed by atoms with E-state index >= 15 is 0 Å². The van der Waals surface area contributed by atoms with Gasteiger partial charge in [-0.3, -0.25) is 4.79 Å². The van der Waals surface area contributed by atoms with E-state index in [0.717, 1.165) is 19.3 Å². The number of carbonyl (C=O) groups excluding carboxylic acids is 1. The average Bonchev–Trinajstić information content (AvgIpc) is 2.57. The number of esters is 1. The molecule has 1 rings (SSSR count). The van der Waals surface area contributed by atoms with Crippen molar-refractivity contribution in [2.24, 2.45) is 5.92 Å². The second-order valence-electron chi connectivity index (χ2n) is 4.03. The van der Waals surface area contributed by atoms with Crippen LogP contribution < -0.4 is 0 Å². The van der Waals surface area contributed by atoms with E-state index in [4.69, 9.17) is 15.3 Å². The van der Waals surface area contributed by atoms with Gasteiger partial charge in [-0.1, -0.05) is 12.8 Å². The Morgan fingerprint density at radius 3 is 2.65 bits per heavy atom. The van der Waals surface area contributed by atoms with E-state index in [1.165, 1.54) is 0 Å². The Kier molecular flexibility index (Phi) is 5.23. The van der Waals surface area contributed by atoms with E-state index in [0.29, 0.717) is 25.0 Å². The molecular formula is C13H16N2O2. The van der Waals surface area contributed by atoms with Crippen LogP contribution in [0.4, 0.5) is 0 Å². The van der Waals surface area contributed by atoms with Crippen molar-refractivity contribution in [3.8, 4) is 12.1 Å². The average molecular weight is 232 g/mol. The lowest BCUT2D eigenvalue weighted by atomic mass is 9.90. The number of allylic oxidation sites excluding steroid dienone is 1. The Morgan fingerprint density at radius 2 is 2.06 bits per heavy atom. The van der Waals surface area contributed by atoms with Crippen LogP contribution in [0.15, 0.2) is 11.1 Å². The Balaban J connectivity index is 3.04. The number of nitriles is 2. The normalized spacial score (nSPS) is 19.7. The lowest BCUT2D eigenvalue weighted by Gasteiger charge is -2.16. The number of carbonyl (C=O) groups is 1. The van der Waals surface area contributed by atoms with Crippen LogP contribution in [-0.2, 0) is 9.53 Å². The highest BCUT2D eigenvalue weighted by atomic mass is 16.5. The minimum absolute atomic E-state index is 0.0879. The molecule has 0 aromatic carbocycles. The molecule has 0 aliphatic heterocycles. The summed E-state index contributed by atoms with van der Waals surface area (Å²) in [5, 5.41) is 17.8. The van der Waals surface area contributed by atoms with Crippen molar-refractivity contribution in [2.45, 2.75) is 39.0 Å². The van der Waals surface area contributed by atoms with Crippen molar-refractivity contribution in [3.63, 3.8) is 0 Å². The third kappa shape index (κ3) is 3.32. The number of hydrogen-bond acceptors (Lipinski definition) is 4. The van der Waals surface area contributed by atoms with E-state index in [1.807, 2.05) is 12.1 Å². The molecule has 0 aromatic rings. The fourth-order valence-corrected chi connectivity index (χ4v) is 2.16. The van der Waals surface area contributed by atoms with Gasteiger partial charge in [0.1, 0.15) is 17.7 Å². The molecule has 17 heavy (non-hydrogen) atoms. The van der Waals surface area contributed by atoms with Crippen molar-refractivity contribution < 1.29 is 9.53 Å². The third-order valence-electron chi connectivity index (χ3n) is 2.98. The molecule has 4 heteroatoms. The maximum absolute atomic E-state index is 11.8. The monoisotopic (exact) mass is 232 g/mol. The van der Waals surface area contributed by atoms with Crippen LogP contribution in [0, 0.1) is 28.6 Å². The molecule has 0 spiro atoms. The zero-order valence-electron chi connectivity index (χ0n) is 10.0. The van der Waals surface area contributed by atoms with Gasteiger partial charge in [0.2, 0.25) is 0 Å². The summed E-state index contributed by atoms with van der Waals surface area (Å²) >= 11 is 0. The Bertz CT molecular complexity index is 383. The van der Waals surface area contributed by atoms with Crippen molar-refractivity contribution in [3.05, 3.63) is 11.1 Å². The largest absolute Gasteiger partial charge is 0.466 e. The van der Waals surface area contributed by atoms with Crippen LogP contribution in [0.5, 0.6) is 0 Å². The number of rotatable bonds is 2. The number of nitrogens with zero attached hydrogens (tertiary/aromatic N) is 2. The first-order chi connectivity index (χ1) is 8.24. The lowest BCUT2D eigenvalue weighted by molar-refractivity contribution is -0.146. The molecular weight excluding hydrogens is 216 g/mol. The Hall–Kier alpha value is -1.81. The van der Waals surface area contributed by atoms with Crippen molar-refractivity contribution in [1.82, 2.24) is 0 Å². The smallest absolute Gasteiger partial charge is 0.313 e. The predicted octanol–water partition coefficient (Wildman–Crippen LogP) is 2.47. The molecule has 1 aliphatic rings. The van der Waals surface area contributed by atoms with Crippen LogP contribution in [-0.4, -0.2) is 12.6 Å². The second kappa shape index (κ2) is 6.70. The summed E-state index contributed by atoms with van der Waals surface area (Å²) in [6.07, 6.45) is 4.24. The Morgan fingerprint density at radius 1 is 1.35 bits per heavy atom. The van der Waals surface area contributed by atoms with Gasteiger partial charge >= 0.3 is 5.97 Å². The van der Waals surface area contributed by atoms with E-state index in [9.17, 15) is 4.79 Å². The SMILES string of the molecule is CCOC(=O)C1CCCCCC1=C(C#N)C#N. The van der Waals surface area contributed by atoms with E-state index < -0.39 is 5.92 Å². The van der Waals surface area contributed by atoms with Crippen LogP contribution in [0.1, 0.15) is 39.0 Å². The first-order valence-electron chi connectivity index (χ1n) is 5.94. The maximum atomic E-state index is 11.8. The first kappa shape index (κ1) is 13.3. The van der Waals surface area contributed by atoms with Crippen LogP contribution in [0.25, 0.3) is 0 Å². The highest BCUT2D eigenvalue weighted by molar-refractivity contribution is 5.77. The summed E-state index contributed by atoms with van der Waals surface area (Å²) < 4.78 is 5.01. The molecule has 0 radical (unpaired) electrons.